The summed E-state index contributed by atoms with van der Waals surface area (Å²) in [7, 11) is 0. The van der Waals surface area contributed by atoms with Gasteiger partial charge in [0.2, 0.25) is 5.91 Å². The number of carbonyl (C=O) groups is 1. The van der Waals surface area contributed by atoms with Gasteiger partial charge in [-0.2, -0.15) is 5.26 Å². The average molecular weight is 438 g/mol. The lowest BCUT2D eigenvalue weighted by Crippen LogP contribution is -2.48. The van der Waals surface area contributed by atoms with Gasteiger partial charge in [0.15, 0.2) is 0 Å². The largest absolute Gasteiger partial charge is 0.467 e. The van der Waals surface area contributed by atoms with Gasteiger partial charge in [0.25, 0.3) is 0 Å². The topological polar surface area (TPSA) is 77.4 Å². The predicted octanol–water partition coefficient (Wildman–Crippen LogP) is 3.44. The Morgan fingerprint density at radius 2 is 1.94 bits per heavy atom. The van der Waals surface area contributed by atoms with Gasteiger partial charge in [0.05, 0.1) is 24.9 Å². The highest BCUT2D eigenvalue weighted by atomic mass is 32.1. The second-order valence-corrected chi connectivity index (χ2v) is 8.92. The minimum atomic E-state index is -0.0959. The highest BCUT2D eigenvalue weighted by Crippen LogP contribution is 2.27. The SMILES string of the molecule is Cc1c(C#N)c(NC(=O)CN2CCN(Cc3cccs3)CC2)n(Cc2ccco2)c1C. The summed E-state index contributed by atoms with van der Waals surface area (Å²) in [6.07, 6.45) is 1.63. The van der Waals surface area contributed by atoms with Crippen LogP contribution < -0.4 is 5.32 Å². The molecule has 8 heteroatoms. The number of hydrogen-bond donors (Lipinski definition) is 1. The zero-order valence-corrected chi connectivity index (χ0v) is 18.7. The van der Waals surface area contributed by atoms with E-state index < -0.39 is 0 Å². The second-order valence-electron chi connectivity index (χ2n) is 7.89. The van der Waals surface area contributed by atoms with E-state index in [1.807, 2.05) is 30.5 Å². The standard InChI is InChI=1S/C23H27N5O2S/c1-17-18(2)28(14-19-5-3-11-30-19)23(21(17)13-24)25-22(29)16-27-9-7-26(8-10-27)15-20-6-4-12-31-20/h3-6,11-12H,7-10,14-16H2,1-2H3,(H,25,29). The number of nitriles is 1. The summed E-state index contributed by atoms with van der Waals surface area (Å²) in [5.41, 5.74) is 2.34. The molecule has 4 rings (SSSR count). The van der Waals surface area contributed by atoms with Crippen LogP contribution in [0.5, 0.6) is 0 Å². The first-order chi connectivity index (χ1) is 15.0. The first-order valence-electron chi connectivity index (χ1n) is 10.4. The van der Waals surface area contributed by atoms with Crippen LogP contribution in [0.2, 0.25) is 0 Å². The molecule has 0 spiro atoms. The molecule has 0 radical (unpaired) electrons. The van der Waals surface area contributed by atoms with Crippen molar-refractivity contribution in [1.82, 2.24) is 14.4 Å². The lowest BCUT2D eigenvalue weighted by atomic mass is 10.2. The fraction of sp³-hybridized carbons (Fsp3) is 0.391. The van der Waals surface area contributed by atoms with Crippen molar-refractivity contribution in [2.75, 3.05) is 38.0 Å². The van der Waals surface area contributed by atoms with Crippen LogP contribution in [-0.2, 0) is 17.9 Å². The molecule has 0 aromatic carbocycles. The third-order valence-corrected chi connectivity index (χ3v) is 6.75. The van der Waals surface area contributed by atoms with E-state index in [0.717, 1.165) is 49.7 Å². The number of thiophene rings is 1. The molecule has 1 saturated heterocycles. The maximum atomic E-state index is 12.9. The van der Waals surface area contributed by atoms with Crippen molar-refractivity contribution in [3.05, 3.63) is 63.4 Å². The molecule has 4 heterocycles. The molecule has 7 nitrogen and oxygen atoms in total. The number of aromatic nitrogens is 1. The molecule has 1 aliphatic rings. The van der Waals surface area contributed by atoms with Crippen molar-refractivity contribution in [2.45, 2.75) is 26.9 Å². The van der Waals surface area contributed by atoms with E-state index in [4.69, 9.17) is 4.42 Å². The fourth-order valence-electron chi connectivity index (χ4n) is 3.99. The van der Waals surface area contributed by atoms with E-state index in [2.05, 4.69) is 38.7 Å². The Bertz CT molecular complexity index is 1050. The Labute approximate surface area is 186 Å². The number of furan rings is 1. The normalized spacial score (nSPS) is 15.1. The number of piperazine rings is 1. The Morgan fingerprint density at radius 3 is 2.58 bits per heavy atom. The minimum Gasteiger partial charge on any atom is -0.467 e. The van der Waals surface area contributed by atoms with Gasteiger partial charge < -0.3 is 14.3 Å². The molecule has 3 aromatic heterocycles. The Kier molecular flexibility index (Phi) is 6.56. The molecule has 0 saturated carbocycles. The smallest absolute Gasteiger partial charge is 0.239 e. The summed E-state index contributed by atoms with van der Waals surface area (Å²) in [6.45, 7) is 9.24. The predicted molar refractivity (Wildman–Crippen MR) is 121 cm³/mol. The lowest BCUT2D eigenvalue weighted by Gasteiger charge is -2.34. The van der Waals surface area contributed by atoms with Gasteiger partial charge in [-0.15, -0.1) is 11.3 Å². The van der Waals surface area contributed by atoms with Crippen LogP contribution >= 0.6 is 11.3 Å². The van der Waals surface area contributed by atoms with Gasteiger partial charge in [0, 0.05) is 43.3 Å². The van der Waals surface area contributed by atoms with Crippen LogP contribution in [0.3, 0.4) is 0 Å². The van der Waals surface area contributed by atoms with Crippen LogP contribution in [0.1, 0.15) is 27.5 Å². The first kappa shape index (κ1) is 21.4. The van der Waals surface area contributed by atoms with Gasteiger partial charge in [-0.05, 0) is 43.0 Å². The Balaban J connectivity index is 1.38. The highest BCUT2D eigenvalue weighted by molar-refractivity contribution is 7.09. The summed E-state index contributed by atoms with van der Waals surface area (Å²) in [5, 5.41) is 14.8. The van der Waals surface area contributed by atoms with Gasteiger partial charge >= 0.3 is 0 Å². The Morgan fingerprint density at radius 1 is 1.16 bits per heavy atom. The van der Waals surface area contributed by atoms with E-state index in [1.54, 1.807) is 17.6 Å². The fourth-order valence-corrected chi connectivity index (χ4v) is 4.74. The van der Waals surface area contributed by atoms with Crippen LogP contribution in [0.4, 0.5) is 5.82 Å². The van der Waals surface area contributed by atoms with Crippen molar-refractivity contribution >= 4 is 23.1 Å². The van der Waals surface area contributed by atoms with Crippen LogP contribution in [0.15, 0.2) is 40.3 Å². The molecule has 1 amide bonds. The zero-order valence-electron chi connectivity index (χ0n) is 17.9. The summed E-state index contributed by atoms with van der Waals surface area (Å²) in [5.74, 6) is 1.23. The minimum absolute atomic E-state index is 0.0959. The number of anilines is 1. The van der Waals surface area contributed by atoms with Crippen molar-refractivity contribution in [3.8, 4) is 6.07 Å². The van der Waals surface area contributed by atoms with E-state index in [1.165, 1.54) is 4.88 Å². The van der Waals surface area contributed by atoms with Gasteiger partial charge in [0.1, 0.15) is 17.6 Å². The van der Waals surface area contributed by atoms with Crippen molar-refractivity contribution in [2.24, 2.45) is 0 Å². The zero-order chi connectivity index (χ0) is 21.8. The van der Waals surface area contributed by atoms with E-state index in [0.29, 0.717) is 24.5 Å². The number of nitrogens with one attached hydrogen (secondary N) is 1. The molecule has 0 bridgehead atoms. The van der Waals surface area contributed by atoms with Crippen molar-refractivity contribution in [3.63, 3.8) is 0 Å². The van der Waals surface area contributed by atoms with Crippen molar-refractivity contribution < 1.29 is 9.21 Å². The van der Waals surface area contributed by atoms with Gasteiger partial charge in [-0.3, -0.25) is 14.6 Å². The molecule has 1 N–H and O–H groups in total. The van der Waals surface area contributed by atoms with Gasteiger partial charge in [-0.25, -0.2) is 0 Å². The Hall–Kier alpha value is -2.86. The molecule has 1 aliphatic heterocycles. The van der Waals surface area contributed by atoms with Crippen molar-refractivity contribution in [1.29, 1.82) is 5.26 Å². The lowest BCUT2D eigenvalue weighted by molar-refractivity contribution is -0.117. The average Bonchev–Trinajstić information content (AvgIpc) is 3.50. The number of nitrogens with zero attached hydrogens (tertiary/aromatic N) is 4. The third-order valence-electron chi connectivity index (χ3n) is 5.88. The maximum Gasteiger partial charge on any atom is 0.239 e. The highest BCUT2D eigenvalue weighted by Gasteiger charge is 2.23. The van der Waals surface area contributed by atoms with Gasteiger partial charge in [-0.1, -0.05) is 6.07 Å². The van der Waals surface area contributed by atoms with E-state index >= 15 is 0 Å². The number of hydrogen-bond acceptors (Lipinski definition) is 6. The molecule has 31 heavy (non-hydrogen) atoms. The third kappa shape index (κ3) is 4.90. The molecule has 0 atom stereocenters. The molecule has 162 valence electrons. The molecule has 0 aliphatic carbocycles. The molecular formula is C23H27N5O2S. The van der Waals surface area contributed by atoms with Crippen LogP contribution in [0.25, 0.3) is 0 Å². The monoisotopic (exact) mass is 437 g/mol. The second kappa shape index (κ2) is 9.52. The molecule has 3 aromatic rings. The summed E-state index contributed by atoms with van der Waals surface area (Å²) in [4.78, 5) is 18.8. The number of amides is 1. The summed E-state index contributed by atoms with van der Waals surface area (Å²) in [6, 6.07) is 10.2. The maximum absolute atomic E-state index is 12.9. The summed E-state index contributed by atoms with van der Waals surface area (Å²) >= 11 is 1.78. The molecule has 1 fully saturated rings. The number of rotatable bonds is 7. The van der Waals surface area contributed by atoms with Crippen LogP contribution in [-0.4, -0.2) is 53.0 Å². The van der Waals surface area contributed by atoms with E-state index in [9.17, 15) is 10.1 Å². The number of carbonyl (C=O) groups excluding carboxylic acids is 1. The molecular weight excluding hydrogens is 410 g/mol. The first-order valence-corrected chi connectivity index (χ1v) is 11.3. The van der Waals surface area contributed by atoms with E-state index in [-0.39, 0.29) is 5.91 Å². The summed E-state index contributed by atoms with van der Waals surface area (Å²) < 4.78 is 7.42. The van der Waals surface area contributed by atoms with Crippen LogP contribution in [0, 0.1) is 25.2 Å². The quantitative estimate of drug-likeness (QED) is 0.613. The molecule has 0 unspecified atom stereocenters.